The van der Waals surface area contributed by atoms with E-state index < -0.39 is 11.6 Å². The molecule has 2 heterocycles. The van der Waals surface area contributed by atoms with Crippen molar-refractivity contribution in [2.45, 2.75) is 18.6 Å². The van der Waals surface area contributed by atoms with Crippen LogP contribution in [0.4, 0.5) is 0 Å². The Morgan fingerprint density at radius 2 is 2.45 bits per heavy atom. The van der Waals surface area contributed by atoms with E-state index in [2.05, 4.69) is 10.3 Å². The lowest BCUT2D eigenvalue weighted by molar-refractivity contribution is -0.0312. The maximum Gasteiger partial charge on any atom is 0.335 e. The van der Waals surface area contributed by atoms with Crippen molar-refractivity contribution in [3.8, 4) is 0 Å². The summed E-state index contributed by atoms with van der Waals surface area (Å²) in [4.78, 5) is 11.0. The second kappa shape index (κ2) is 4.84. The number of carboxylic acid groups (broad SMARTS) is 1. The third kappa shape index (κ3) is 2.14. The van der Waals surface area contributed by atoms with E-state index in [9.17, 15) is 4.79 Å². The zero-order valence-electron chi connectivity index (χ0n) is 11.1. The van der Waals surface area contributed by atoms with Gasteiger partial charge in [0.1, 0.15) is 11.1 Å². The second-order valence-corrected chi connectivity index (χ2v) is 4.95. The van der Waals surface area contributed by atoms with E-state index in [0.717, 1.165) is 6.42 Å². The molecule has 1 aliphatic heterocycles. The highest BCUT2D eigenvalue weighted by molar-refractivity contribution is 5.92. The van der Waals surface area contributed by atoms with Crippen molar-refractivity contribution in [2.24, 2.45) is 0 Å². The van der Waals surface area contributed by atoms with Gasteiger partial charge >= 0.3 is 5.97 Å². The van der Waals surface area contributed by atoms with Crippen LogP contribution in [-0.2, 0) is 16.0 Å². The minimum Gasteiger partial charge on any atom is -0.478 e. The fourth-order valence-corrected chi connectivity index (χ4v) is 2.43. The molecule has 1 N–H and O–H groups in total. The summed E-state index contributed by atoms with van der Waals surface area (Å²) < 4.78 is 12.6. The molecule has 0 radical (unpaired) electrons. The number of carbonyl (C=O) groups is 1. The minimum atomic E-state index is -0.967. The molecule has 106 valence electrons. The predicted octanol–water partition coefficient (Wildman–Crippen LogP) is 0.935. The monoisotopic (exact) mass is 277 g/mol. The highest BCUT2D eigenvalue weighted by atomic mass is 16.5. The van der Waals surface area contributed by atoms with Crippen LogP contribution >= 0.6 is 0 Å². The smallest absolute Gasteiger partial charge is 0.335 e. The van der Waals surface area contributed by atoms with E-state index >= 15 is 0 Å². The first kappa shape index (κ1) is 13.0. The SMILES string of the molecule is COC1(Cn2nnc3ccc(C(=O)O)cc32)CCOC1. The van der Waals surface area contributed by atoms with Crippen LogP contribution in [0.15, 0.2) is 18.2 Å². The third-order valence-electron chi connectivity index (χ3n) is 3.70. The minimum absolute atomic E-state index is 0.218. The van der Waals surface area contributed by atoms with Crippen molar-refractivity contribution in [1.82, 2.24) is 15.0 Å². The Morgan fingerprint density at radius 3 is 3.10 bits per heavy atom. The van der Waals surface area contributed by atoms with Gasteiger partial charge in [0, 0.05) is 20.1 Å². The summed E-state index contributed by atoms with van der Waals surface area (Å²) in [7, 11) is 1.65. The van der Waals surface area contributed by atoms with E-state index in [1.54, 1.807) is 23.9 Å². The van der Waals surface area contributed by atoms with E-state index in [1.165, 1.54) is 6.07 Å². The molecule has 0 spiro atoms. The predicted molar refractivity (Wildman–Crippen MR) is 69.7 cm³/mol. The van der Waals surface area contributed by atoms with Crippen molar-refractivity contribution in [2.75, 3.05) is 20.3 Å². The van der Waals surface area contributed by atoms with Crippen LogP contribution in [0.2, 0.25) is 0 Å². The Kier molecular flexibility index (Phi) is 3.15. The molecule has 1 aromatic carbocycles. The number of carboxylic acids is 1. The van der Waals surface area contributed by atoms with Crippen LogP contribution in [-0.4, -0.2) is 52.0 Å². The lowest BCUT2D eigenvalue weighted by atomic mass is 10.0. The number of fused-ring (bicyclic) bond motifs is 1. The fraction of sp³-hybridized carbons (Fsp3) is 0.462. The number of methoxy groups -OCH3 is 1. The topological polar surface area (TPSA) is 86.5 Å². The van der Waals surface area contributed by atoms with Gasteiger partial charge in [0.05, 0.1) is 24.2 Å². The molecule has 1 unspecified atom stereocenters. The fourth-order valence-electron chi connectivity index (χ4n) is 2.43. The number of hydrogen-bond donors (Lipinski definition) is 1. The van der Waals surface area contributed by atoms with Crippen LogP contribution in [0.3, 0.4) is 0 Å². The maximum atomic E-state index is 11.0. The van der Waals surface area contributed by atoms with Crippen LogP contribution < -0.4 is 0 Å². The quantitative estimate of drug-likeness (QED) is 0.894. The summed E-state index contributed by atoms with van der Waals surface area (Å²) in [6.07, 6.45) is 0.781. The Hall–Kier alpha value is -1.99. The normalized spacial score (nSPS) is 22.4. The number of benzene rings is 1. The summed E-state index contributed by atoms with van der Waals surface area (Å²) in [6, 6.07) is 4.76. The van der Waals surface area contributed by atoms with Gasteiger partial charge in [-0.15, -0.1) is 5.10 Å². The molecule has 0 bridgehead atoms. The lowest BCUT2D eigenvalue weighted by Gasteiger charge is -2.25. The summed E-state index contributed by atoms with van der Waals surface area (Å²) >= 11 is 0. The zero-order valence-corrected chi connectivity index (χ0v) is 11.1. The molecule has 1 saturated heterocycles. The van der Waals surface area contributed by atoms with Crippen molar-refractivity contribution in [3.05, 3.63) is 23.8 Å². The van der Waals surface area contributed by atoms with Gasteiger partial charge < -0.3 is 14.6 Å². The first-order chi connectivity index (χ1) is 9.63. The van der Waals surface area contributed by atoms with Crippen LogP contribution in [0, 0.1) is 0 Å². The highest BCUT2D eigenvalue weighted by Gasteiger charge is 2.36. The number of rotatable bonds is 4. The molecule has 1 atom stereocenters. The van der Waals surface area contributed by atoms with Gasteiger partial charge in [-0.1, -0.05) is 5.21 Å². The molecule has 1 aliphatic rings. The first-order valence-electron chi connectivity index (χ1n) is 6.33. The summed E-state index contributed by atoms with van der Waals surface area (Å²) in [5, 5.41) is 17.2. The molecule has 3 rings (SSSR count). The Morgan fingerprint density at radius 1 is 1.60 bits per heavy atom. The number of ether oxygens (including phenoxy) is 2. The second-order valence-electron chi connectivity index (χ2n) is 4.95. The number of hydrogen-bond acceptors (Lipinski definition) is 5. The molecular formula is C13H15N3O4. The van der Waals surface area contributed by atoms with Crippen LogP contribution in [0.5, 0.6) is 0 Å². The van der Waals surface area contributed by atoms with Crippen LogP contribution in [0.1, 0.15) is 16.8 Å². The molecular weight excluding hydrogens is 262 g/mol. The first-order valence-corrected chi connectivity index (χ1v) is 6.33. The number of aromatic carboxylic acids is 1. The number of nitrogens with zero attached hydrogens (tertiary/aromatic N) is 3. The lowest BCUT2D eigenvalue weighted by Crippen LogP contribution is -2.37. The highest BCUT2D eigenvalue weighted by Crippen LogP contribution is 2.26. The molecule has 2 aromatic rings. The summed E-state index contributed by atoms with van der Waals surface area (Å²) in [5.74, 6) is -0.967. The Balaban J connectivity index is 1.98. The standard InChI is InChI=1S/C13H15N3O4/c1-19-13(4-5-20-8-13)7-16-11-6-9(12(17)18)2-3-10(11)14-15-16/h2-3,6H,4-5,7-8H2,1H3,(H,17,18). The molecule has 0 amide bonds. The maximum absolute atomic E-state index is 11.0. The third-order valence-corrected chi connectivity index (χ3v) is 3.70. The molecule has 0 saturated carbocycles. The van der Waals surface area contributed by atoms with E-state index in [0.29, 0.717) is 30.8 Å². The van der Waals surface area contributed by atoms with Gasteiger partial charge in [-0.2, -0.15) is 0 Å². The average molecular weight is 277 g/mol. The zero-order chi connectivity index (χ0) is 14.2. The average Bonchev–Trinajstić information content (AvgIpc) is 3.07. The molecule has 0 aliphatic carbocycles. The van der Waals surface area contributed by atoms with Gasteiger partial charge in [-0.05, 0) is 18.2 Å². The molecule has 7 heteroatoms. The number of aromatic nitrogens is 3. The van der Waals surface area contributed by atoms with E-state index in [-0.39, 0.29) is 5.56 Å². The van der Waals surface area contributed by atoms with Crippen molar-refractivity contribution >= 4 is 17.0 Å². The van der Waals surface area contributed by atoms with Gasteiger partial charge in [0.15, 0.2) is 0 Å². The molecule has 7 nitrogen and oxygen atoms in total. The van der Waals surface area contributed by atoms with E-state index in [1.807, 2.05) is 0 Å². The largest absolute Gasteiger partial charge is 0.478 e. The van der Waals surface area contributed by atoms with Gasteiger partial charge in [0.25, 0.3) is 0 Å². The molecule has 20 heavy (non-hydrogen) atoms. The van der Waals surface area contributed by atoms with Gasteiger partial charge in [-0.3, -0.25) is 0 Å². The Bertz CT molecular complexity index is 646. The van der Waals surface area contributed by atoms with Crippen molar-refractivity contribution < 1.29 is 19.4 Å². The van der Waals surface area contributed by atoms with Crippen molar-refractivity contribution in [3.63, 3.8) is 0 Å². The Labute approximate surface area is 115 Å². The van der Waals surface area contributed by atoms with Crippen LogP contribution in [0.25, 0.3) is 11.0 Å². The van der Waals surface area contributed by atoms with E-state index in [4.69, 9.17) is 14.6 Å². The summed E-state index contributed by atoms with van der Waals surface area (Å²) in [6.45, 7) is 1.65. The summed E-state index contributed by atoms with van der Waals surface area (Å²) in [5.41, 5.74) is 1.16. The molecule has 1 fully saturated rings. The van der Waals surface area contributed by atoms with Gasteiger partial charge in [0.2, 0.25) is 0 Å². The van der Waals surface area contributed by atoms with Gasteiger partial charge in [-0.25, -0.2) is 9.48 Å². The molecule has 1 aromatic heterocycles. The van der Waals surface area contributed by atoms with Crippen molar-refractivity contribution in [1.29, 1.82) is 0 Å².